The normalized spacial score (nSPS) is 20.9. The van der Waals surface area contributed by atoms with Crippen molar-refractivity contribution in [1.82, 2.24) is 0 Å². The van der Waals surface area contributed by atoms with E-state index in [1.54, 1.807) is 0 Å². The molecule has 0 nitrogen and oxygen atoms in total. The Morgan fingerprint density at radius 2 is 1.87 bits per heavy atom. The number of hydrogen-bond acceptors (Lipinski definition) is 0. The Morgan fingerprint density at radius 3 is 2.40 bits per heavy atom. The number of allylic oxidation sites excluding steroid dienone is 8. The molecule has 0 aromatic heterocycles. The minimum absolute atomic E-state index is 0.382. The molecule has 0 saturated heterocycles. The van der Waals surface area contributed by atoms with E-state index in [9.17, 15) is 0 Å². The largest absolute Gasteiger partial charge is 0.0881 e. The Bertz CT molecular complexity index is 292. The van der Waals surface area contributed by atoms with Crippen LogP contribution in [-0.4, -0.2) is 0 Å². The van der Waals surface area contributed by atoms with E-state index in [1.807, 2.05) is 0 Å². The SMILES string of the molecule is C/C=C\C=C/CC1(/C(C)=C/C)CC=CC1. The first-order chi connectivity index (χ1) is 7.25. The Labute approximate surface area is 94.1 Å². The molecule has 0 fully saturated rings. The van der Waals surface area contributed by atoms with Gasteiger partial charge in [0.05, 0.1) is 0 Å². The van der Waals surface area contributed by atoms with Gasteiger partial charge in [-0.15, -0.1) is 0 Å². The standard InChI is InChI=1S/C15H22/c1-4-6-7-8-11-15(14(3)5-2)12-9-10-13-15/h4-10H,11-13H2,1-3H3/b6-4-,8-7-,14-5+. The zero-order valence-corrected chi connectivity index (χ0v) is 10.2. The van der Waals surface area contributed by atoms with E-state index in [2.05, 4.69) is 63.3 Å². The van der Waals surface area contributed by atoms with Crippen molar-refractivity contribution in [3.63, 3.8) is 0 Å². The van der Waals surface area contributed by atoms with E-state index < -0.39 is 0 Å². The Hall–Kier alpha value is -1.04. The molecule has 0 atom stereocenters. The molecule has 0 spiro atoms. The average molecular weight is 202 g/mol. The summed E-state index contributed by atoms with van der Waals surface area (Å²) >= 11 is 0. The lowest BCUT2D eigenvalue weighted by atomic mass is 9.75. The zero-order chi connectivity index (χ0) is 11.1. The Kier molecular flexibility index (Phi) is 4.61. The molecule has 1 aliphatic carbocycles. The summed E-state index contributed by atoms with van der Waals surface area (Å²) < 4.78 is 0. The van der Waals surface area contributed by atoms with Gasteiger partial charge in [-0.1, -0.05) is 48.1 Å². The molecule has 0 N–H and O–H groups in total. The lowest BCUT2D eigenvalue weighted by molar-refractivity contribution is 0.388. The van der Waals surface area contributed by atoms with Gasteiger partial charge in [-0.05, 0) is 40.0 Å². The van der Waals surface area contributed by atoms with Gasteiger partial charge in [0, 0.05) is 5.41 Å². The van der Waals surface area contributed by atoms with Gasteiger partial charge >= 0.3 is 0 Å². The van der Waals surface area contributed by atoms with Crippen LogP contribution in [0, 0.1) is 5.41 Å². The fourth-order valence-corrected chi connectivity index (χ4v) is 2.14. The second kappa shape index (κ2) is 5.75. The van der Waals surface area contributed by atoms with Crippen LogP contribution in [0.5, 0.6) is 0 Å². The van der Waals surface area contributed by atoms with Gasteiger partial charge in [-0.3, -0.25) is 0 Å². The van der Waals surface area contributed by atoms with E-state index in [4.69, 9.17) is 0 Å². The van der Waals surface area contributed by atoms with Gasteiger partial charge < -0.3 is 0 Å². The van der Waals surface area contributed by atoms with Crippen molar-refractivity contribution in [2.45, 2.75) is 40.0 Å². The van der Waals surface area contributed by atoms with Gasteiger partial charge in [0.2, 0.25) is 0 Å². The van der Waals surface area contributed by atoms with Gasteiger partial charge in [0.25, 0.3) is 0 Å². The second-order valence-electron chi connectivity index (χ2n) is 4.29. The summed E-state index contributed by atoms with van der Waals surface area (Å²) in [5.74, 6) is 0. The highest BCUT2D eigenvalue weighted by molar-refractivity contribution is 5.22. The third kappa shape index (κ3) is 2.95. The van der Waals surface area contributed by atoms with Crippen LogP contribution in [0.3, 0.4) is 0 Å². The van der Waals surface area contributed by atoms with Crippen molar-refractivity contribution in [2.24, 2.45) is 5.41 Å². The zero-order valence-electron chi connectivity index (χ0n) is 10.2. The minimum Gasteiger partial charge on any atom is -0.0881 e. The van der Waals surface area contributed by atoms with Crippen molar-refractivity contribution in [3.05, 3.63) is 48.1 Å². The van der Waals surface area contributed by atoms with E-state index in [-0.39, 0.29) is 0 Å². The molecule has 82 valence electrons. The fourth-order valence-electron chi connectivity index (χ4n) is 2.14. The van der Waals surface area contributed by atoms with Gasteiger partial charge in [0.1, 0.15) is 0 Å². The molecule has 0 aromatic carbocycles. The number of hydrogen-bond donors (Lipinski definition) is 0. The van der Waals surface area contributed by atoms with Crippen molar-refractivity contribution in [1.29, 1.82) is 0 Å². The summed E-state index contributed by atoms with van der Waals surface area (Å²) in [6.45, 7) is 6.45. The summed E-state index contributed by atoms with van der Waals surface area (Å²) in [6.07, 6.45) is 19.1. The quantitative estimate of drug-likeness (QED) is 0.453. The third-order valence-corrected chi connectivity index (χ3v) is 3.40. The fraction of sp³-hybridized carbons (Fsp3) is 0.467. The first-order valence-electron chi connectivity index (χ1n) is 5.81. The van der Waals surface area contributed by atoms with Crippen LogP contribution in [0.1, 0.15) is 40.0 Å². The van der Waals surface area contributed by atoms with Gasteiger partial charge in [-0.2, -0.15) is 0 Å². The van der Waals surface area contributed by atoms with Crippen molar-refractivity contribution >= 4 is 0 Å². The maximum Gasteiger partial charge on any atom is 0.00124 e. The minimum atomic E-state index is 0.382. The third-order valence-electron chi connectivity index (χ3n) is 3.40. The van der Waals surface area contributed by atoms with Gasteiger partial charge in [-0.25, -0.2) is 0 Å². The summed E-state index contributed by atoms with van der Waals surface area (Å²) in [6, 6.07) is 0. The molecule has 0 saturated carbocycles. The first-order valence-corrected chi connectivity index (χ1v) is 5.81. The molecule has 15 heavy (non-hydrogen) atoms. The highest BCUT2D eigenvalue weighted by atomic mass is 14.3. The van der Waals surface area contributed by atoms with Crippen LogP contribution >= 0.6 is 0 Å². The molecular formula is C15H22. The maximum absolute atomic E-state index is 2.32. The lowest BCUT2D eigenvalue weighted by Gasteiger charge is -2.29. The van der Waals surface area contributed by atoms with Crippen LogP contribution in [0.25, 0.3) is 0 Å². The van der Waals surface area contributed by atoms with Crippen molar-refractivity contribution < 1.29 is 0 Å². The Morgan fingerprint density at radius 1 is 1.20 bits per heavy atom. The van der Waals surface area contributed by atoms with Crippen LogP contribution in [0.15, 0.2) is 48.1 Å². The summed E-state index contributed by atoms with van der Waals surface area (Å²) in [4.78, 5) is 0. The van der Waals surface area contributed by atoms with E-state index in [1.165, 1.54) is 18.4 Å². The van der Waals surface area contributed by atoms with Crippen molar-refractivity contribution in [2.75, 3.05) is 0 Å². The van der Waals surface area contributed by atoms with E-state index in [0.29, 0.717) is 5.41 Å². The van der Waals surface area contributed by atoms with Crippen LogP contribution in [-0.2, 0) is 0 Å². The molecule has 0 heteroatoms. The lowest BCUT2D eigenvalue weighted by Crippen LogP contribution is -2.17. The molecule has 0 bridgehead atoms. The summed E-state index contributed by atoms with van der Waals surface area (Å²) in [7, 11) is 0. The molecule has 0 heterocycles. The molecule has 0 radical (unpaired) electrons. The van der Waals surface area contributed by atoms with Crippen LogP contribution < -0.4 is 0 Å². The van der Waals surface area contributed by atoms with Gasteiger partial charge in [0.15, 0.2) is 0 Å². The molecule has 0 unspecified atom stereocenters. The summed E-state index contributed by atoms with van der Waals surface area (Å²) in [5, 5.41) is 0. The molecule has 0 aromatic rings. The number of rotatable bonds is 4. The highest BCUT2D eigenvalue weighted by Crippen LogP contribution is 2.43. The molecule has 1 aliphatic rings. The summed E-state index contributed by atoms with van der Waals surface area (Å²) in [5.41, 5.74) is 1.91. The molecular weight excluding hydrogens is 180 g/mol. The Balaban J connectivity index is 2.67. The smallest absolute Gasteiger partial charge is 0.00124 e. The van der Waals surface area contributed by atoms with Crippen LogP contribution in [0.4, 0.5) is 0 Å². The van der Waals surface area contributed by atoms with E-state index in [0.717, 1.165) is 6.42 Å². The molecule has 0 aliphatic heterocycles. The van der Waals surface area contributed by atoms with Crippen LogP contribution in [0.2, 0.25) is 0 Å². The van der Waals surface area contributed by atoms with Crippen molar-refractivity contribution in [3.8, 4) is 0 Å². The maximum atomic E-state index is 2.32. The predicted octanol–water partition coefficient (Wildman–Crippen LogP) is 4.81. The predicted molar refractivity (Wildman–Crippen MR) is 68.8 cm³/mol. The molecule has 1 rings (SSSR count). The average Bonchev–Trinajstić information content (AvgIpc) is 2.73. The topological polar surface area (TPSA) is 0 Å². The monoisotopic (exact) mass is 202 g/mol. The highest BCUT2D eigenvalue weighted by Gasteiger charge is 2.30. The van der Waals surface area contributed by atoms with E-state index >= 15 is 0 Å². The first kappa shape index (κ1) is 12.0. The molecule has 0 amide bonds. The second-order valence-corrected chi connectivity index (χ2v) is 4.29.